The van der Waals surface area contributed by atoms with Gasteiger partial charge in [-0.3, -0.25) is 9.59 Å². The van der Waals surface area contributed by atoms with E-state index < -0.39 is 0 Å². The molecule has 2 rings (SSSR count). The first kappa shape index (κ1) is 12.6. The third kappa shape index (κ3) is 2.21. The zero-order valence-electron chi connectivity index (χ0n) is 10.9. The third-order valence-electron chi connectivity index (χ3n) is 2.97. The Morgan fingerprint density at radius 2 is 1.89 bits per heavy atom. The predicted octanol–water partition coefficient (Wildman–Crippen LogP) is 3.27. The molecule has 1 aromatic carbocycles. The first-order valence-electron chi connectivity index (χ1n) is 6.15. The first-order chi connectivity index (χ1) is 8.50. The molecule has 0 fully saturated rings. The Labute approximate surface area is 106 Å². The number of aromatic nitrogens is 1. The van der Waals surface area contributed by atoms with Crippen molar-refractivity contribution in [3.05, 3.63) is 35.5 Å². The molecule has 0 saturated heterocycles. The van der Waals surface area contributed by atoms with Gasteiger partial charge in [-0.2, -0.15) is 0 Å². The number of aryl methyl sites for hydroxylation is 1. The maximum absolute atomic E-state index is 12.2. The van der Waals surface area contributed by atoms with Crippen LogP contribution >= 0.6 is 0 Å². The number of rotatable bonds is 4. The molecule has 3 heteroatoms. The summed E-state index contributed by atoms with van der Waals surface area (Å²) in [5.74, 6) is -0.483. The maximum atomic E-state index is 12.2. The van der Waals surface area contributed by atoms with E-state index in [1.54, 1.807) is 0 Å². The van der Waals surface area contributed by atoms with Crippen LogP contribution in [0, 0.1) is 12.8 Å². The fourth-order valence-corrected chi connectivity index (χ4v) is 2.17. The van der Waals surface area contributed by atoms with Gasteiger partial charge in [-0.15, -0.1) is 0 Å². The molecule has 0 unspecified atom stereocenters. The lowest BCUT2D eigenvalue weighted by molar-refractivity contribution is -0.115. The Balaban J connectivity index is 2.44. The van der Waals surface area contributed by atoms with Crippen LogP contribution in [-0.4, -0.2) is 16.6 Å². The molecule has 0 radical (unpaired) electrons. The molecular formula is C15H17NO2. The lowest BCUT2D eigenvalue weighted by atomic mass is 9.98. The molecule has 1 N–H and O–H groups in total. The molecule has 94 valence electrons. The van der Waals surface area contributed by atoms with Crippen molar-refractivity contribution in [1.82, 2.24) is 4.98 Å². The normalized spacial score (nSPS) is 11.1. The molecule has 0 aliphatic rings. The van der Waals surface area contributed by atoms with Crippen LogP contribution < -0.4 is 0 Å². The van der Waals surface area contributed by atoms with E-state index in [-0.39, 0.29) is 17.5 Å². The Morgan fingerprint density at radius 1 is 1.22 bits per heavy atom. The van der Waals surface area contributed by atoms with Gasteiger partial charge >= 0.3 is 0 Å². The third-order valence-corrected chi connectivity index (χ3v) is 2.97. The number of Topliss-reactive ketones (excluding diaryl/α,β-unsaturated/α-hetero) is 2. The van der Waals surface area contributed by atoms with Crippen molar-refractivity contribution in [3.8, 4) is 0 Å². The minimum Gasteiger partial charge on any atom is -0.358 e. The number of benzene rings is 1. The van der Waals surface area contributed by atoms with E-state index >= 15 is 0 Å². The maximum Gasteiger partial charge on any atom is 0.230 e. The SMILES string of the molecule is Cc1[nH]c2ccccc2c1C(=O)C(=O)CC(C)C. The highest BCUT2D eigenvalue weighted by Gasteiger charge is 2.22. The highest BCUT2D eigenvalue weighted by atomic mass is 16.2. The van der Waals surface area contributed by atoms with Gasteiger partial charge in [0.2, 0.25) is 11.6 Å². The number of aromatic amines is 1. The summed E-state index contributed by atoms with van der Waals surface area (Å²) in [5, 5.41) is 0.831. The van der Waals surface area contributed by atoms with Crippen molar-refractivity contribution in [2.24, 2.45) is 5.92 Å². The number of fused-ring (bicyclic) bond motifs is 1. The minimum absolute atomic E-state index is 0.201. The van der Waals surface area contributed by atoms with Crippen LogP contribution in [0.4, 0.5) is 0 Å². The summed E-state index contributed by atoms with van der Waals surface area (Å²) in [6.07, 6.45) is 0.303. The Morgan fingerprint density at radius 3 is 2.56 bits per heavy atom. The minimum atomic E-state index is -0.376. The molecule has 0 amide bonds. The van der Waals surface area contributed by atoms with E-state index in [2.05, 4.69) is 4.98 Å². The molecule has 2 aromatic rings. The predicted molar refractivity (Wildman–Crippen MR) is 71.8 cm³/mol. The Kier molecular flexibility index (Phi) is 3.32. The van der Waals surface area contributed by atoms with Crippen LogP contribution in [0.25, 0.3) is 10.9 Å². The summed E-state index contributed by atoms with van der Waals surface area (Å²) < 4.78 is 0. The van der Waals surface area contributed by atoms with Crippen molar-refractivity contribution in [2.75, 3.05) is 0 Å². The van der Waals surface area contributed by atoms with Crippen LogP contribution in [0.2, 0.25) is 0 Å². The van der Waals surface area contributed by atoms with E-state index in [4.69, 9.17) is 0 Å². The quantitative estimate of drug-likeness (QED) is 0.661. The molecule has 0 aliphatic carbocycles. The topological polar surface area (TPSA) is 49.9 Å². The first-order valence-corrected chi connectivity index (χ1v) is 6.15. The van der Waals surface area contributed by atoms with E-state index in [0.717, 1.165) is 16.6 Å². The second-order valence-electron chi connectivity index (χ2n) is 5.02. The van der Waals surface area contributed by atoms with Crippen LogP contribution in [0.1, 0.15) is 36.3 Å². The van der Waals surface area contributed by atoms with Gasteiger partial charge in [-0.05, 0) is 18.9 Å². The lowest BCUT2D eigenvalue weighted by Gasteiger charge is -2.03. The van der Waals surface area contributed by atoms with Gasteiger partial charge in [0.05, 0.1) is 5.56 Å². The highest BCUT2D eigenvalue weighted by Crippen LogP contribution is 2.23. The van der Waals surface area contributed by atoms with Crippen LogP contribution in [0.5, 0.6) is 0 Å². The number of carbonyl (C=O) groups excluding carboxylic acids is 2. The molecule has 0 spiro atoms. The van der Waals surface area contributed by atoms with Crippen molar-refractivity contribution in [2.45, 2.75) is 27.2 Å². The fourth-order valence-electron chi connectivity index (χ4n) is 2.17. The van der Waals surface area contributed by atoms with E-state index in [9.17, 15) is 9.59 Å². The molecule has 18 heavy (non-hydrogen) atoms. The number of hydrogen-bond donors (Lipinski definition) is 1. The average Bonchev–Trinajstić information content (AvgIpc) is 2.63. The zero-order chi connectivity index (χ0) is 13.3. The number of hydrogen-bond acceptors (Lipinski definition) is 2. The Hall–Kier alpha value is -1.90. The van der Waals surface area contributed by atoms with Gasteiger partial charge in [0.1, 0.15) is 0 Å². The van der Waals surface area contributed by atoms with Crippen molar-refractivity contribution < 1.29 is 9.59 Å². The molecular weight excluding hydrogens is 226 g/mol. The van der Waals surface area contributed by atoms with E-state index in [1.807, 2.05) is 45.0 Å². The Bertz CT molecular complexity index is 608. The summed E-state index contributed by atoms with van der Waals surface area (Å²) >= 11 is 0. The average molecular weight is 243 g/mol. The summed E-state index contributed by atoms with van der Waals surface area (Å²) in [6.45, 7) is 5.70. The highest BCUT2D eigenvalue weighted by molar-refractivity contribution is 6.46. The number of H-pyrrole nitrogens is 1. The van der Waals surface area contributed by atoms with Gasteiger partial charge < -0.3 is 4.98 Å². The van der Waals surface area contributed by atoms with Crippen LogP contribution in [0.3, 0.4) is 0 Å². The van der Waals surface area contributed by atoms with Crippen molar-refractivity contribution in [1.29, 1.82) is 0 Å². The monoisotopic (exact) mass is 243 g/mol. The molecule has 0 bridgehead atoms. The van der Waals surface area contributed by atoms with E-state index in [1.165, 1.54) is 0 Å². The second-order valence-corrected chi connectivity index (χ2v) is 5.02. The van der Waals surface area contributed by atoms with Gasteiger partial charge in [-0.1, -0.05) is 32.0 Å². The number of nitrogens with one attached hydrogen (secondary N) is 1. The summed E-state index contributed by atoms with van der Waals surface area (Å²) in [5.41, 5.74) is 2.19. The van der Waals surface area contributed by atoms with Crippen LogP contribution in [-0.2, 0) is 4.79 Å². The van der Waals surface area contributed by atoms with E-state index in [0.29, 0.717) is 12.0 Å². The zero-order valence-corrected chi connectivity index (χ0v) is 10.9. The molecule has 3 nitrogen and oxygen atoms in total. The van der Waals surface area contributed by atoms with Crippen molar-refractivity contribution in [3.63, 3.8) is 0 Å². The fraction of sp³-hybridized carbons (Fsp3) is 0.333. The summed E-state index contributed by atoms with van der Waals surface area (Å²) in [4.78, 5) is 27.2. The van der Waals surface area contributed by atoms with Gasteiger partial charge in [0.25, 0.3) is 0 Å². The number of para-hydroxylation sites is 1. The molecule has 1 aromatic heterocycles. The molecule has 0 aliphatic heterocycles. The standard InChI is InChI=1S/C15H17NO2/c1-9(2)8-13(17)15(18)14-10(3)16-12-7-5-4-6-11(12)14/h4-7,9,16H,8H2,1-3H3. The number of carbonyl (C=O) groups is 2. The summed E-state index contributed by atoms with van der Waals surface area (Å²) in [7, 11) is 0. The molecule has 0 saturated carbocycles. The number of ketones is 2. The molecule has 0 atom stereocenters. The van der Waals surface area contributed by atoms with Crippen LogP contribution in [0.15, 0.2) is 24.3 Å². The van der Waals surface area contributed by atoms with Gasteiger partial charge in [-0.25, -0.2) is 0 Å². The van der Waals surface area contributed by atoms with Gasteiger partial charge in [0, 0.05) is 23.0 Å². The van der Waals surface area contributed by atoms with Gasteiger partial charge in [0.15, 0.2) is 0 Å². The largest absolute Gasteiger partial charge is 0.358 e. The van der Waals surface area contributed by atoms with Crippen molar-refractivity contribution >= 4 is 22.5 Å². The smallest absolute Gasteiger partial charge is 0.230 e. The lowest BCUT2D eigenvalue weighted by Crippen LogP contribution is -2.16. The molecule has 1 heterocycles. The second kappa shape index (κ2) is 4.77. The summed E-state index contributed by atoms with van der Waals surface area (Å²) in [6, 6.07) is 7.56.